The molecule has 0 aliphatic heterocycles. The fourth-order valence-corrected chi connectivity index (χ4v) is 2.35. The van der Waals surface area contributed by atoms with Gasteiger partial charge in [-0.15, -0.1) is 0 Å². The van der Waals surface area contributed by atoms with Gasteiger partial charge in [0.05, 0.1) is 14.2 Å². The van der Waals surface area contributed by atoms with Crippen molar-refractivity contribution in [2.24, 2.45) is 0 Å². The van der Waals surface area contributed by atoms with Crippen LogP contribution in [0.15, 0.2) is 45.6 Å². The number of rotatable bonds is 3. The second-order valence-corrected chi connectivity index (χ2v) is 4.88. The van der Waals surface area contributed by atoms with Gasteiger partial charge in [0.15, 0.2) is 16.9 Å². The van der Waals surface area contributed by atoms with Crippen LogP contribution in [0.4, 0.5) is 0 Å². The number of benzene rings is 2. The van der Waals surface area contributed by atoms with Crippen molar-refractivity contribution in [3.8, 4) is 34.3 Å². The largest absolute Gasteiger partial charge is 0.507 e. The highest BCUT2D eigenvalue weighted by molar-refractivity contribution is 5.86. The van der Waals surface area contributed by atoms with E-state index < -0.39 is 5.43 Å². The smallest absolute Gasteiger partial charge is 0.197 e. The van der Waals surface area contributed by atoms with E-state index in [4.69, 9.17) is 13.9 Å². The summed E-state index contributed by atoms with van der Waals surface area (Å²) in [5, 5.41) is 19.9. The molecular formula is C17H14O6. The molecule has 6 heteroatoms. The monoisotopic (exact) mass is 314 g/mol. The Kier molecular flexibility index (Phi) is 3.57. The quantitative estimate of drug-likeness (QED) is 0.772. The van der Waals surface area contributed by atoms with Gasteiger partial charge in [0.1, 0.15) is 28.2 Å². The Bertz CT molecular complexity index is 942. The number of fused-ring (bicyclic) bond motifs is 1. The van der Waals surface area contributed by atoms with Gasteiger partial charge in [-0.3, -0.25) is 4.79 Å². The van der Waals surface area contributed by atoms with Gasteiger partial charge in [0.25, 0.3) is 0 Å². The van der Waals surface area contributed by atoms with Crippen LogP contribution in [0.3, 0.4) is 0 Å². The standard InChI is InChI=1S/C17H14O6/c1-21-10-6-12(19)17-13(20)8-15(23-16(17)7-10)9-3-4-14(22-2)11(18)5-9/h3-8,18-19H,1-2H3. The summed E-state index contributed by atoms with van der Waals surface area (Å²) in [6, 6.07) is 8.78. The summed E-state index contributed by atoms with van der Waals surface area (Å²) < 4.78 is 15.7. The first-order valence-electron chi connectivity index (χ1n) is 6.75. The van der Waals surface area contributed by atoms with Crippen molar-refractivity contribution < 1.29 is 24.1 Å². The van der Waals surface area contributed by atoms with Gasteiger partial charge in [-0.2, -0.15) is 0 Å². The van der Waals surface area contributed by atoms with Gasteiger partial charge in [0, 0.05) is 23.8 Å². The van der Waals surface area contributed by atoms with Crippen LogP contribution in [0.1, 0.15) is 0 Å². The van der Waals surface area contributed by atoms with Crippen LogP contribution in [0.5, 0.6) is 23.0 Å². The van der Waals surface area contributed by atoms with E-state index in [2.05, 4.69) is 0 Å². The van der Waals surface area contributed by atoms with E-state index >= 15 is 0 Å². The van der Waals surface area contributed by atoms with Crippen LogP contribution in [0.2, 0.25) is 0 Å². The van der Waals surface area contributed by atoms with Crippen LogP contribution < -0.4 is 14.9 Å². The van der Waals surface area contributed by atoms with Crippen LogP contribution in [-0.4, -0.2) is 24.4 Å². The molecule has 3 rings (SSSR count). The number of hydrogen-bond donors (Lipinski definition) is 2. The summed E-state index contributed by atoms with van der Waals surface area (Å²) >= 11 is 0. The molecule has 0 aliphatic carbocycles. The molecule has 0 spiro atoms. The Hall–Kier alpha value is -3.15. The fourth-order valence-electron chi connectivity index (χ4n) is 2.35. The lowest BCUT2D eigenvalue weighted by Gasteiger charge is -2.08. The van der Waals surface area contributed by atoms with E-state index in [0.29, 0.717) is 17.1 Å². The topological polar surface area (TPSA) is 89.1 Å². The van der Waals surface area contributed by atoms with Gasteiger partial charge in [-0.25, -0.2) is 0 Å². The molecule has 0 atom stereocenters. The predicted molar refractivity (Wildman–Crippen MR) is 84.4 cm³/mol. The molecule has 1 aromatic heterocycles. The maximum Gasteiger partial charge on any atom is 0.197 e. The highest BCUT2D eigenvalue weighted by atomic mass is 16.5. The number of methoxy groups -OCH3 is 2. The number of aromatic hydroxyl groups is 2. The molecule has 0 bridgehead atoms. The molecule has 23 heavy (non-hydrogen) atoms. The molecule has 3 aromatic rings. The summed E-state index contributed by atoms with van der Waals surface area (Å²) in [5.41, 5.74) is 0.306. The summed E-state index contributed by atoms with van der Waals surface area (Å²) in [4.78, 5) is 12.3. The Balaban J connectivity index is 2.23. The molecule has 0 unspecified atom stereocenters. The minimum Gasteiger partial charge on any atom is -0.507 e. The number of phenolic OH excluding ortho intramolecular Hbond substituents is 2. The van der Waals surface area contributed by atoms with Crippen molar-refractivity contribution in [2.45, 2.75) is 0 Å². The van der Waals surface area contributed by atoms with E-state index in [9.17, 15) is 15.0 Å². The Morgan fingerprint density at radius 3 is 2.39 bits per heavy atom. The number of phenols is 2. The second-order valence-electron chi connectivity index (χ2n) is 4.88. The maximum atomic E-state index is 12.3. The molecule has 0 amide bonds. The Morgan fingerprint density at radius 2 is 1.74 bits per heavy atom. The van der Waals surface area contributed by atoms with E-state index in [1.165, 1.54) is 38.5 Å². The molecule has 0 fully saturated rings. The zero-order valence-corrected chi connectivity index (χ0v) is 12.5. The van der Waals surface area contributed by atoms with Gasteiger partial charge in [-0.1, -0.05) is 0 Å². The third-order valence-corrected chi connectivity index (χ3v) is 3.48. The highest BCUT2D eigenvalue weighted by Gasteiger charge is 2.13. The molecular weight excluding hydrogens is 300 g/mol. The zero-order chi connectivity index (χ0) is 16.6. The Morgan fingerprint density at radius 1 is 0.957 bits per heavy atom. The summed E-state index contributed by atoms with van der Waals surface area (Å²) in [5.74, 6) is 0.663. The molecule has 0 radical (unpaired) electrons. The second kappa shape index (κ2) is 5.57. The van der Waals surface area contributed by atoms with Crippen LogP contribution in [0.25, 0.3) is 22.3 Å². The van der Waals surface area contributed by atoms with Crippen LogP contribution in [0, 0.1) is 0 Å². The predicted octanol–water partition coefficient (Wildman–Crippen LogP) is 2.89. The lowest BCUT2D eigenvalue weighted by Crippen LogP contribution is -2.01. The first kappa shape index (κ1) is 14.8. The molecule has 118 valence electrons. The molecule has 6 nitrogen and oxygen atoms in total. The maximum absolute atomic E-state index is 12.3. The lowest BCUT2D eigenvalue weighted by molar-refractivity contribution is 0.373. The zero-order valence-electron chi connectivity index (χ0n) is 12.5. The molecule has 1 heterocycles. The van der Waals surface area contributed by atoms with Crippen molar-refractivity contribution in [1.29, 1.82) is 0 Å². The van der Waals surface area contributed by atoms with E-state index in [-0.39, 0.29) is 28.2 Å². The van der Waals surface area contributed by atoms with Crippen molar-refractivity contribution in [1.82, 2.24) is 0 Å². The Labute approximate surface area is 131 Å². The molecule has 0 saturated carbocycles. The lowest BCUT2D eigenvalue weighted by atomic mass is 10.1. The minimum absolute atomic E-state index is 0.0683. The fraction of sp³-hybridized carbons (Fsp3) is 0.118. The van der Waals surface area contributed by atoms with Crippen molar-refractivity contribution in [3.05, 3.63) is 46.6 Å². The minimum atomic E-state index is -0.392. The molecule has 2 N–H and O–H groups in total. The van der Waals surface area contributed by atoms with E-state index in [0.717, 1.165) is 0 Å². The highest BCUT2D eigenvalue weighted by Crippen LogP contribution is 2.34. The van der Waals surface area contributed by atoms with Gasteiger partial charge >= 0.3 is 0 Å². The molecule has 0 saturated heterocycles. The SMILES string of the molecule is COc1cc(O)c2c(=O)cc(-c3ccc(OC)c(O)c3)oc2c1. The molecule has 0 aliphatic rings. The van der Waals surface area contributed by atoms with Crippen LogP contribution in [-0.2, 0) is 0 Å². The molecule has 2 aromatic carbocycles. The van der Waals surface area contributed by atoms with Crippen LogP contribution >= 0.6 is 0 Å². The number of ether oxygens (including phenoxy) is 2. The van der Waals surface area contributed by atoms with Gasteiger partial charge in [0.2, 0.25) is 0 Å². The summed E-state index contributed by atoms with van der Waals surface area (Å²) in [7, 11) is 2.89. The average Bonchev–Trinajstić information content (AvgIpc) is 2.53. The van der Waals surface area contributed by atoms with E-state index in [1.807, 2.05) is 0 Å². The number of hydrogen-bond acceptors (Lipinski definition) is 6. The first-order chi connectivity index (χ1) is 11.0. The van der Waals surface area contributed by atoms with Gasteiger partial charge in [-0.05, 0) is 18.2 Å². The first-order valence-corrected chi connectivity index (χ1v) is 6.75. The third-order valence-electron chi connectivity index (χ3n) is 3.48. The normalized spacial score (nSPS) is 10.7. The summed E-state index contributed by atoms with van der Waals surface area (Å²) in [6.45, 7) is 0. The van der Waals surface area contributed by atoms with E-state index in [1.54, 1.807) is 12.1 Å². The third kappa shape index (κ3) is 2.55. The summed E-state index contributed by atoms with van der Waals surface area (Å²) in [6.07, 6.45) is 0. The van der Waals surface area contributed by atoms with Crippen molar-refractivity contribution in [2.75, 3.05) is 14.2 Å². The van der Waals surface area contributed by atoms with Crippen molar-refractivity contribution in [3.63, 3.8) is 0 Å². The van der Waals surface area contributed by atoms with Gasteiger partial charge < -0.3 is 24.1 Å². The van der Waals surface area contributed by atoms with Crippen molar-refractivity contribution >= 4 is 11.0 Å². The average molecular weight is 314 g/mol.